The standard InChI is InChI=1S/C28H32N4O3S/c1-2-23-13-15-26(16-14-23)32(36(34,35)27-11-7-4-8-12-27)22-28(33)30-29-25-17-19-31(20-18-25)21-24-9-5-3-6-10-24/h3-16H,2,17-22H2,1H3,(H,30,33). The lowest BCUT2D eigenvalue weighted by atomic mass is 10.1. The number of piperidine rings is 1. The summed E-state index contributed by atoms with van der Waals surface area (Å²) in [6.07, 6.45) is 2.36. The average Bonchev–Trinajstić information content (AvgIpc) is 2.92. The molecule has 1 aliphatic heterocycles. The van der Waals surface area contributed by atoms with Gasteiger partial charge in [0.1, 0.15) is 6.54 Å². The summed E-state index contributed by atoms with van der Waals surface area (Å²) in [7, 11) is -3.93. The third kappa shape index (κ3) is 6.59. The third-order valence-corrected chi connectivity index (χ3v) is 8.06. The van der Waals surface area contributed by atoms with Crippen LogP contribution in [0.4, 0.5) is 5.69 Å². The summed E-state index contributed by atoms with van der Waals surface area (Å²) in [5.41, 5.74) is 6.30. The van der Waals surface area contributed by atoms with Crippen LogP contribution in [-0.2, 0) is 27.8 Å². The van der Waals surface area contributed by atoms with Gasteiger partial charge in [-0.1, -0.05) is 67.6 Å². The molecule has 0 bridgehead atoms. The predicted octanol–water partition coefficient (Wildman–Crippen LogP) is 4.21. The van der Waals surface area contributed by atoms with Crippen LogP contribution >= 0.6 is 0 Å². The summed E-state index contributed by atoms with van der Waals surface area (Å²) in [5.74, 6) is -0.478. The molecule has 1 N–H and O–H groups in total. The van der Waals surface area contributed by atoms with E-state index in [4.69, 9.17) is 0 Å². The van der Waals surface area contributed by atoms with Crippen molar-refractivity contribution in [2.75, 3.05) is 23.9 Å². The van der Waals surface area contributed by atoms with Crippen molar-refractivity contribution >= 4 is 27.3 Å². The van der Waals surface area contributed by atoms with Crippen LogP contribution in [0.5, 0.6) is 0 Å². The van der Waals surface area contributed by atoms with E-state index in [2.05, 4.69) is 27.6 Å². The lowest BCUT2D eigenvalue weighted by molar-refractivity contribution is -0.119. The highest BCUT2D eigenvalue weighted by Crippen LogP contribution is 2.24. The molecule has 8 heteroatoms. The lowest BCUT2D eigenvalue weighted by Crippen LogP contribution is -2.40. The Labute approximate surface area is 213 Å². The molecule has 1 fully saturated rings. The van der Waals surface area contributed by atoms with Gasteiger partial charge in [0.15, 0.2) is 0 Å². The largest absolute Gasteiger partial charge is 0.298 e. The second-order valence-corrected chi connectivity index (χ2v) is 10.7. The Kier molecular flexibility index (Phi) is 8.51. The van der Waals surface area contributed by atoms with Crippen molar-refractivity contribution in [3.8, 4) is 0 Å². The molecule has 0 atom stereocenters. The maximum Gasteiger partial charge on any atom is 0.264 e. The first kappa shape index (κ1) is 25.6. The van der Waals surface area contributed by atoms with Gasteiger partial charge in [0.25, 0.3) is 15.9 Å². The second kappa shape index (κ2) is 12.0. The molecule has 0 unspecified atom stereocenters. The summed E-state index contributed by atoms with van der Waals surface area (Å²) in [6, 6.07) is 25.7. The maximum absolute atomic E-state index is 13.4. The Hall–Kier alpha value is -3.49. The molecule has 1 aliphatic rings. The Morgan fingerprint density at radius 1 is 0.889 bits per heavy atom. The number of rotatable bonds is 9. The number of sulfonamides is 1. The molecule has 7 nitrogen and oxygen atoms in total. The summed E-state index contributed by atoms with van der Waals surface area (Å²) in [5, 5.41) is 4.32. The molecule has 188 valence electrons. The van der Waals surface area contributed by atoms with Gasteiger partial charge in [0, 0.05) is 38.2 Å². The molecule has 0 spiro atoms. The van der Waals surface area contributed by atoms with Crippen LogP contribution in [0.25, 0.3) is 0 Å². The molecule has 3 aromatic rings. The first-order valence-electron chi connectivity index (χ1n) is 12.2. The fraction of sp³-hybridized carbons (Fsp3) is 0.286. The Morgan fingerprint density at radius 3 is 2.11 bits per heavy atom. The summed E-state index contributed by atoms with van der Waals surface area (Å²) in [4.78, 5) is 15.3. The molecular formula is C28H32N4O3S. The molecule has 0 aliphatic carbocycles. The van der Waals surface area contributed by atoms with Gasteiger partial charge in [0.2, 0.25) is 0 Å². The normalized spacial score (nSPS) is 14.3. The van der Waals surface area contributed by atoms with E-state index in [-0.39, 0.29) is 11.4 Å². The first-order chi connectivity index (χ1) is 17.5. The zero-order valence-corrected chi connectivity index (χ0v) is 21.3. The number of likely N-dealkylation sites (tertiary alicyclic amines) is 1. The van der Waals surface area contributed by atoms with E-state index < -0.39 is 15.9 Å². The molecule has 1 amide bonds. The minimum Gasteiger partial charge on any atom is -0.298 e. The number of hydrogen-bond acceptors (Lipinski definition) is 5. The van der Waals surface area contributed by atoms with E-state index in [9.17, 15) is 13.2 Å². The number of hydrazone groups is 1. The number of hydrogen-bond donors (Lipinski definition) is 1. The smallest absolute Gasteiger partial charge is 0.264 e. The predicted molar refractivity (Wildman–Crippen MR) is 143 cm³/mol. The molecule has 4 rings (SSSR count). The topological polar surface area (TPSA) is 82.1 Å². The Morgan fingerprint density at radius 2 is 1.50 bits per heavy atom. The van der Waals surface area contributed by atoms with Crippen LogP contribution in [0.3, 0.4) is 0 Å². The minimum atomic E-state index is -3.93. The fourth-order valence-corrected chi connectivity index (χ4v) is 5.60. The van der Waals surface area contributed by atoms with Gasteiger partial charge in [0.05, 0.1) is 10.6 Å². The number of benzene rings is 3. The third-order valence-electron chi connectivity index (χ3n) is 6.27. The maximum atomic E-state index is 13.4. The molecule has 1 saturated heterocycles. The van der Waals surface area contributed by atoms with Gasteiger partial charge < -0.3 is 0 Å². The van der Waals surface area contributed by atoms with E-state index in [0.29, 0.717) is 5.69 Å². The number of aryl methyl sites for hydroxylation is 1. The molecule has 1 heterocycles. The SMILES string of the molecule is CCc1ccc(N(CC(=O)NN=C2CCN(Cc3ccccc3)CC2)S(=O)(=O)c2ccccc2)cc1. The zero-order chi connectivity index (χ0) is 25.4. The van der Waals surface area contributed by atoms with Crippen LogP contribution in [0, 0.1) is 0 Å². The molecule has 3 aromatic carbocycles. The van der Waals surface area contributed by atoms with Crippen molar-refractivity contribution in [2.45, 2.75) is 37.6 Å². The number of nitrogens with one attached hydrogen (secondary N) is 1. The lowest BCUT2D eigenvalue weighted by Gasteiger charge is -2.27. The van der Waals surface area contributed by atoms with Crippen molar-refractivity contribution in [1.29, 1.82) is 0 Å². The molecule has 0 aromatic heterocycles. The molecular weight excluding hydrogens is 472 g/mol. The Bertz CT molecular complexity index is 1270. The van der Waals surface area contributed by atoms with Gasteiger partial charge in [-0.15, -0.1) is 0 Å². The van der Waals surface area contributed by atoms with Gasteiger partial charge in [-0.3, -0.25) is 14.0 Å². The van der Waals surface area contributed by atoms with E-state index >= 15 is 0 Å². The summed E-state index contributed by atoms with van der Waals surface area (Å²) >= 11 is 0. The minimum absolute atomic E-state index is 0.134. The van der Waals surface area contributed by atoms with Gasteiger partial charge in [-0.2, -0.15) is 5.10 Å². The summed E-state index contributed by atoms with van der Waals surface area (Å²) < 4.78 is 28.0. The van der Waals surface area contributed by atoms with Crippen molar-refractivity contribution in [3.63, 3.8) is 0 Å². The Balaban J connectivity index is 1.41. The number of carbonyl (C=O) groups excluding carboxylic acids is 1. The van der Waals surface area contributed by atoms with Gasteiger partial charge in [-0.05, 0) is 41.8 Å². The van der Waals surface area contributed by atoms with Crippen molar-refractivity contribution in [2.24, 2.45) is 5.10 Å². The van der Waals surface area contributed by atoms with Crippen LogP contribution in [0.1, 0.15) is 30.9 Å². The van der Waals surface area contributed by atoms with E-state index in [1.807, 2.05) is 37.3 Å². The van der Waals surface area contributed by atoms with Crippen molar-refractivity contribution < 1.29 is 13.2 Å². The quantitative estimate of drug-likeness (QED) is 0.443. The fourth-order valence-electron chi connectivity index (χ4n) is 4.16. The summed E-state index contributed by atoms with van der Waals surface area (Å²) in [6.45, 7) is 4.29. The highest BCUT2D eigenvalue weighted by atomic mass is 32.2. The van der Waals surface area contributed by atoms with E-state index in [1.54, 1.807) is 30.3 Å². The number of amides is 1. The van der Waals surface area contributed by atoms with E-state index in [0.717, 1.165) is 54.5 Å². The van der Waals surface area contributed by atoms with Gasteiger partial charge in [-0.25, -0.2) is 13.8 Å². The molecule has 0 radical (unpaired) electrons. The number of carbonyl (C=O) groups is 1. The van der Waals surface area contributed by atoms with E-state index in [1.165, 1.54) is 17.7 Å². The first-order valence-corrected chi connectivity index (χ1v) is 13.7. The van der Waals surface area contributed by atoms with Crippen LogP contribution in [-0.4, -0.2) is 44.6 Å². The second-order valence-electron chi connectivity index (χ2n) is 8.82. The zero-order valence-electron chi connectivity index (χ0n) is 20.5. The average molecular weight is 505 g/mol. The van der Waals surface area contributed by atoms with Gasteiger partial charge >= 0.3 is 0 Å². The number of anilines is 1. The van der Waals surface area contributed by atoms with Crippen LogP contribution in [0.15, 0.2) is 94.9 Å². The van der Waals surface area contributed by atoms with Crippen molar-refractivity contribution in [3.05, 3.63) is 96.1 Å². The highest BCUT2D eigenvalue weighted by molar-refractivity contribution is 7.92. The number of nitrogens with zero attached hydrogens (tertiary/aromatic N) is 3. The molecule has 0 saturated carbocycles. The highest BCUT2D eigenvalue weighted by Gasteiger charge is 2.27. The van der Waals surface area contributed by atoms with Crippen LogP contribution in [0.2, 0.25) is 0 Å². The molecule has 36 heavy (non-hydrogen) atoms. The van der Waals surface area contributed by atoms with Crippen molar-refractivity contribution in [1.82, 2.24) is 10.3 Å². The van der Waals surface area contributed by atoms with Crippen LogP contribution < -0.4 is 9.73 Å². The monoisotopic (exact) mass is 504 g/mol.